The topological polar surface area (TPSA) is 41.6 Å². The molecule has 102 valence electrons. The van der Waals surface area contributed by atoms with Crippen LogP contribution in [0.15, 0.2) is 0 Å². The number of nitrogens with one attached hydrogen (secondary N) is 1. The number of rotatable bonds is 2. The van der Waals surface area contributed by atoms with Crippen molar-refractivity contribution >= 4 is 18.5 Å². The Balaban J connectivity index is 0.00000256. The molecule has 1 aliphatic rings. The van der Waals surface area contributed by atoms with Crippen molar-refractivity contribution in [1.82, 2.24) is 10.2 Å². The van der Waals surface area contributed by atoms with Gasteiger partial charge in [-0.25, -0.2) is 4.79 Å². The van der Waals surface area contributed by atoms with Crippen molar-refractivity contribution in [3.8, 4) is 0 Å². The van der Waals surface area contributed by atoms with E-state index in [2.05, 4.69) is 5.32 Å². The van der Waals surface area contributed by atoms with Crippen molar-refractivity contribution in [2.45, 2.75) is 39.2 Å². The zero-order valence-electron chi connectivity index (χ0n) is 11.3. The summed E-state index contributed by atoms with van der Waals surface area (Å²) in [4.78, 5) is 13.4. The number of ether oxygens (including phenoxy) is 1. The highest BCUT2D eigenvalue weighted by Gasteiger charge is 2.22. The molecule has 5 heteroatoms. The van der Waals surface area contributed by atoms with Crippen LogP contribution in [0.3, 0.4) is 0 Å². The van der Waals surface area contributed by atoms with E-state index in [-0.39, 0.29) is 18.5 Å². The number of halogens is 1. The molecule has 0 aromatic rings. The van der Waals surface area contributed by atoms with Gasteiger partial charge in [-0.1, -0.05) is 0 Å². The maximum atomic E-state index is 11.7. The third kappa shape index (κ3) is 6.74. The van der Waals surface area contributed by atoms with E-state index in [9.17, 15) is 4.79 Å². The first-order valence-corrected chi connectivity index (χ1v) is 6.03. The predicted molar refractivity (Wildman–Crippen MR) is 71.7 cm³/mol. The number of piperidine rings is 1. The normalized spacial score (nSPS) is 17.2. The second-order valence-electron chi connectivity index (χ2n) is 5.55. The van der Waals surface area contributed by atoms with Crippen LogP contribution < -0.4 is 5.32 Å². The van der Waals surface area contributed by atoms with Gasteiger partial charge in [-0.05, 0) is 52.6 Å². The molecule has 1 fully saturated rings. The van der Waals surface area contributed by atoms with E-state index in [1.54, 1.807) is 4.90 Å². The first-order chi connectivity index (χ1) is 7.38. The van der Waals surface area contributed by atoms with Crippen LogP contribution in [0.25, 0.3) is 0 Å². The Morgan fingerprint density at radius 1 is 1.35 bits per heavy atom. The van der Waals surface area contributed by atoms with Crippen LogP contribution in [-0.2, 0) is 4.74 Å². The molecule has 0 unspecified atom stereocenters. The van der Waals surface area contributed by atoms with Crippen LogP contribution in [0.2, 0.25) is 0 Å². The number of hydrogen-bond acceptors (Lipinski definition) is 3. The van der Waals surface area contributed by atoms with E-state index < -0.39 is 5.60 Å². The second-order valence-corrected chi connectivity index (χ2v) is 5.55. The molecule has 0 bridgehead atoms. The molecule has 0 spiro atoms. The van der Waals surface area contributed by atoms with Crippen LogP contribution in [0.4, 0.5) is 4.79 Å². The maximum Gasteiger partial charge on any atom is 0.410 e. The Morgan fingerprint density at radius 3 is 2.35 bits per heavy atom. The highest BCUT2D eigenvalue weighted by molar-refractivity contribution is 5.85. The highest BCUT2D eigenvalue weighted by atomic mass is 35.5. The predicted octanol–water partition coefficient (Wildman–Crippen LogP) is 2.27. The molecular formula is C12H25ClN2O2. The standard InChI is InChI=1S/C12H24N2O2.ClH/c1-12(2,3)16-11(15)14(4)9-10-5-7-13-8-6-10;/h10,13H,5-9H2,1-4H3;1H. The van der Waals surface area contributed by atoms with Crippen molar-refractivity contribution in [2.24, 2.45) is 5.92 Å². The van der Waals surface area contributed by atoms with Crippen LogP contribution in [0.1, 0.15) is 33.6 Å². The first-order valence-electron chi connectivity index (χ1n) is 6.03. The summed E-state index contributed by atoms with van der Waals surface area (Å²) in [5.74, 6) is 0.610. The molecule has 1 amide bonds. The molecule has 0 aliphatic carbocycles. The lowest BCUT2D eigenvalue weighted by atomic mass is 9.98. The van der Waals surface area contributed by atoms with E-state index in [0.717, 1.165) is 32.5 Å². The fourth-order valence-electron chi connectivity index (χ4n) is 1.87. The van der Waals surface area contributed by atoms with Crippen LogP contribution >= 0.6 is 12.4 Å². The zero-order chi connectivity index (χ0) is 12.2. The average molecular weight is 265 g/mol. The molecule has 0 aromatic carbocycles. The minimum atomic E-state index is -0.403. The molecule has 17 heavy (non-hydrogen) atoms. The number of carbonyl (C=O) groups is 1. The van der Waals surface area contributed by atoms with Gasteiger partial charge in [0.05, 0.1) is 0 Å². The largest absolute Gasteiger partial charge is 0.444 e. The van der Waals surface area contributed by atoms with Crippen LogP contribution in [0.5, 0.6) is 0 Å². The van der Waals surface area contributed by atoms with E-state index >= 15 is 0 Å². The maximum absolute atomic E-state index is 11.7. The second kappa shape index (κ2) is 7.07. The van der Waals surface area contributed by atoms with Gasteiger partial charge < -0.3 is 15.0 Å². The summed E-state index contributed by atoms with van der Waals surface area (Å²) in [6.45, 7) is 8.60. The van der Waals surface area contributed by atoms with Crippen LogP contribution in [0, 0.1) is 5.92 Å². The van der Waals surface area contributed by atoms with Crippen molar-refractivity contribution in [3.63, 3.8) is 0 Å². The zero-order valence-corrected chi connectivity index (χ0v) is 12.1. The fraction of sp³-hybridized carbons (Fsp3) is 0.917. The summed E-state index contributed by atoms with van der Waals surface area (Å²) in [7, 11) is 1.82. The van der Waals surface area contributed by atoms with Gasteiger partial charge in [0, 0.05) is 13.6 Å². The van der Waals surface area contributed by atoms with Gasteiger partial charge in [-0.15, -0.1) is 12.4 Å². The first kappa shape index (κ1) is 16.5. The highest BCUT2D eigenvalue weighted by Crippen LogP contribution is 2.15. The Morgan fingerprint density at radius 2 is 1.88 bits per heavy atom. The minimum Gasteiger partial charge on any atom is -0.444 e. The van der Waals surface area contributed by atoms with Crippen LogP contribution in [-0.4, -0.2) is 43.3 Å². The third-order valence-electron chi connectivity index (χ3n) is 2.70. The summed E-state index contributed by atoms with van der Waals surface area (Å²) in [6.07, 6.45) is 2.08. The van der Waals surface area contributed by atoms with Gasteiger partial charge in [-0.2, -0.15) is 0 Å². The van der Waals surface area contributed by atoms with Gasteiger partial charge in [0.15, 0.2) is 0 Å². The molecule has 1 aliphatic heterocycles. The molecule has 4 nitrogen and oxygen atoms in total. The summed E-state index contributed by atoms with van der Waals surface area (Å²) in [5.41, 5.74) is -0.403. The Labute approximate surface area is 110 Å². The molecule has 0 radical (unpaired) electrons. The minimum absolute atomic E-state index is 0. The Hall–Kier alpha value is -0.480. The van der Waals surface area contributed by atoms with E-state index in [1.807, 2.05) is 27.8 Å². The smallest absolute Gasteiger partial charge is 0.410 e. The molecule has 0 saturated carbocycles. The summed E-state index contributed by atoms with van der Waals surface area (Å²) in [5, 5.41) is 3.32. The van der Waals surface area contributed by atoms with Gasteiger partial charge in [0.1, 0.15) is 5.60 Å². The van der Waals surface area contributed by atoms with E-state index in [4.69, 9.17) is 4.74 Å². The number of nitrogens with zero attached hydrogens (tertiary/aromatic N) is 1. The Bertz CT molecular complexity index is 235. The molecule has 0 aromatic heterocycles. The van der Waals surface area contributed by atoms with E-state index in [1.165, 1.54) is 0 Å². The number of amides is 1. The molecule has 1 heterocycles. The van der Waals surface area contributed by atoms with Crippen molar-refractivity contribution in [1.29, 1.82) is 0 Å². The summed E-state index contributed by atoms with van der Waals surface area (Å²) in [6, 6.07) is 0. The Kier molecular flexibility index (Phi) is 6.87. The van der Waals surface area contributed by atoms with Gasteiger partial charge in [0.2, 0.25) is 0 Å². The van der Waals surface area contributed by atoms with Gasteiger partial charge in [-0.3, -0.25) is 0 Å². The van der Waals surface area contributed by atoms with Crippen molar-refractivity contribution in [3.05, 3.63) is 0 Å². The van der Waals surface area contributed by atoms with E-state index in [0.29, 0.717) is 5.92 Å². The van der Waals surface area contributed by atoms with Gasteiger partial charge >= 0.3 is 6.09 Å². The lowest BCUT2D eigenvalue weighted by Crippen LogP contribution is -2.39. The molecule has 1 N–H and O–H groups in total. The lowest BCUT2D eigenvalue weighted by Gasteiger charge is -2.29. The SMILES string of the molecule is CN(CC1CCNCC1)C(=O)OC(C)(C)C.Cl. The number of hydrogen-bond donors (Lipinski definition) is 1. The van der Waals surface area contributed by atoms with Crippen molar-refractivity contribution < 1.29 is 9.53 Å². The quantitative estimate of drug-likeness (QED) is 0.832. The average Bonchev–Trinajstić information content (AvgIpc) is 2.16. The summed E-state index contributed by atoms with van der Waals surface area (Å²) < 4.78 is 5.31. The number of carbonyl (C=O) groups excluding carboxylic acids is 1. The van der Waals surface area contributed by atoms with Gasteiger partial charge in [0.25, 0.3) is 0 Å². The summed E-state index contributed by atoms with van der Waals surface area (Å²) >= 11 is 0. The molecule has 1 rings (SSSR count). The van der Waals surface area contributed by atoms with Crippen molar-refractivity contribution in [2.75, 3.05) is 26.7 Å². The monoisotopic (exact) mass is 264 g/mol. The lowest BCUT2D eigenvalue weighted by molar-refractivity contribution is 0.0264. The molecular weight excluding hydrogens is 240 g/mol. The molecule has 1 saturated heterocycles. The third-order valence-corrected chi connectivity index (χ3v) is 2.70. The molecule has 0 atom stereocenters. The fourth-order valence-corrected chi connectivity index (χ4v) is 1.87.